The maximum atomic E-state index is 4.40. The first-order valence-electron chi connectivity index (χ1n) is 4.90. The SMILES string of the molecule is Cc1cnc2cccnc2c1C(C)C. The summed E-state index contributed by atoms with van der Waals surface area (Å²) in [6.07, 6.45) is 3.76. The Morgan fingerprint density at radius 1 is 1.21 bits per heavy atom. The van der Waals surface area contributed by atoms with Crippen LogP contribution in [0.3, 0.4) is 0 Å². The lowest BCUT2D eigenvalue weighted by molar-refractivity contribution is 0.860. The molecule has 0 saturated heterocycles. The molecular formula is C12H14N2. The van der Waals surface area contributed by atoms with Crippen LogP contribution in [0.1, 0.15) is 30.9 Å². The molecule has 0 bridgehead atoms. The Hall–Kier alpha value is -1.44. The number of pyridine rings is 2. The van der Waals surface area contributed by atoms with E-state index in [0.717, 1.165) is 11.0 Å². The monoisotopic (exact) mass is 186 g/mol. The maximum Gasteiger partial charge on any atom is 0.0923 e. The highest BCUT2D eigenvalue weighted by molar-refractivity contribution is 5.78. The largest absolute Gasteiger partial charge is 0.254 e. The van der Waals surface area contributed by atoms with Gasteiger partial charge in [0.05, 0.1) is 11.0 Å². The summed E-state index contributed by atoms with van der Waals surface area (Å²) in [7, 11) is 0. The summed E-state index contributed by atoms with van der Waals surface area (Å²) in [5.74, 6) is 0.496. The fourth-order valence-corrected chi connectivity index (χ4v) is 1.86. The molecule has 2 heterocycles. The van der Waals surface area contributed by atoms with Crippen molar-refractivity contribution in [3.05, 3.63) is 35.7 Å². The quantitative estimate of drug-likeness (QED) is 0.684. The van der Waals surface area contributed by atoms with E-state index in [9.17, 15) is 0 Å². The molecule has 0 saturated carbocycles. The Labute approximate surface area is 84.0 Å². The van der Waals surface area contributed by atoms with Gasteiger partial charge in [-0.2, -0.15) is 0 Å². The Kier molecular flexibility index (Phi) is 2.20. The molecule has 0 spiro atoms. The van der Waals surface area contributed by atoms with Crippen molar-refractivity contribution in [3.8, 4) is 0 Å². The van der Waals surface area contributed by atoms with Crippen molar-refractivity contribution in [2.75, 3.05) is 0 Å². The smallest absolute Gasteiger partial charge is 0.0923 e. The molecule has 0 amide bonds. The van der Waals surface area contributed by atoms with Crippen LogP contribution in [-0.4, -0.2) is 9.97 Å². The van der Waals surface area contributed by atoms with Crippen LogP contribution in [0, 0.1) is 6.92 Å². The molecule has 0 aromatic carbocycles. The fraction of sp³-hybridized carbons (Fsp3) is 0.333. The number of hydrogen-bond donors (Lipinski definition) is 0. The molecule has 0 N–H and O–H groups in total. The predicted octanol–water partition coefficient (Wildman–Crippen LogP) is 3.06. The molecule has 0 aliphatic carbocycles. The van der Waals surface area contributed by atoms with Gasteiger partial charge >= 0.3 is 0 Å². The molecular weight excluding hydrogens is 172 g/mol. The first-order chi connectivity index (χ1) is 6.70. The van der Waals surface area contributed by atoms with E-state index in [1.807, 2.05) is 24.5 Å². The zero-order chi connectivity index (χ0) is 10.1. The van der Waals surface area contributed by atoms with E-state index in [1.54, 1.807) is 0 Å². The van der Waals surface area contributed by atoms with Crippen molar-refractivity contribution >= 4 is 11.0 Å². The fourth-order valence-electron chi connectivity index (χ4n) is 1.86. The number of hydrogen-bond acceptors (Lipinski definition) is 2. The normalized spacial score (nSPS) is 11.1. The Morgan fingerprint density at radius 3 is 2.71 bits per heavy atom. The van der Waals surface area contributed by atoms with Crippen LogP contribution in [-0.2, 0) is 0 Å². The maximum absolute atomic E-state index is 4.40. The molecule has 2 aromatic heterocycles. The zero-order valence-corrected chi connectivity index (χ0v) is 8.78. The molecule has 0 unspecified atom stereocenters. The molecule has 2 nitrogen and oxygen atoms in total. The van der Waals surface area contributed by atoms with E-state index in [4.69, 9.17) is 0 Å². The first kappa shape index (κ1) is 9.13. The van der Waals surface area contributed by atoms with Crippen molar-refractivity contribution in [2.24, 2.45) is 0 Å². The minimum atomic E-state index is 0.496. The summed E-state index contributed by atoms with van der Waals surface area (Å²) in [6, 6.07) is 3.93. The van der Waals surface area contributed by atoms with Gasteiger partial charge in [0, 0.05) is 12.4 Å². The molecule has 0 atom stereocenters. The van der Waals surface area contributed by atoms with E-state index < -0.39 is 0 Å². The number of aryl methyl sites for hydroxylation is 1. The minimum Gasteiger partial charge on any atom is -0.254 e. The third-order valence-electron chi connectivity index (χ3n) is 2.44. The Morgan fingerprint density at radius 2 is 2.00 bits per heavy atom. The summed E-state index contributed by atoms with van der Waals surface area (Å²) < 4.78 is 0. The van der Waals surface area contributed by atoms with E-state index >= 15 is 0 Å². The van der Waals surface area contributed by atoms with Gasteiger partial charge in [-0.25, -0.2) is 0 Å². The highest BCUT2D eigenvalue weighted by atomic mass is 14.7. The van der Waals surface area contributed by atoms with Gasteiger partial charge in [-0.05, 0) is 36.1 Å². The molecule has 2 heteroatoms. The van der Waals surface area contributed by atoms with Crippen LogP contribution < -0.4 is 0 Å². The third-order valence-corrected chi connectivity index (χ3v) is 2.44. The lowest BCUT2D eigenvalue weighted by atomic mass is 9.98. The molecule has 14 heavy (non-hydrogen) atoms. The third kappa shape index (κ3) is 1.37. The van der Waals surface area contributed by atoms with Crippen molar-refractivity contribution in [1.82, 2.24) is 9.97 Å². The van der Waals surface area contributed by atoms with E-state index in [2.05, 4.69) is 30.7 Å². The minimum absolute atomic E-state index is 0.496. The molecule has 72 valence electrons. The van der Waals surface area contributed by atoms with Crippen molar-refractivity contribution in [2.45, 2.75) is 26.7 Å². The van der Waals surface area contributed by atoms with Crippen LogP contribution in [0.15, 0.2) is 24.5 Å². The molecule has 0 radical (unpaired) electrons. The highest BCUT2D eigenvalue weighted by Crippen LogP contribution is 2.24. The summed E-state index contributed by atoms with van der Waals surface area (Å²) in [5, 5.41) is 0. The predicted molar refractivity (Wildman–Crippen MR) is 58.4 cm³/mol. The highest BCUT2D eigenvalue weighted by Gasteiger charge is 2.09. The number of aromatic nitrogens is 2. The number of nitrogens with zero attached hydrogens (tertiary/aromatic N) is 2. The topological polar surface area (TPSA) is 25.8 Å². The van der Waals surface area contributed by atoms with Gasteiger partial charge < -0.3 is 0 Å². The van der Waals surface area contributed by atoms with E-state index in [0.29, 0.717) is 5.92 Å². The summed E-state index contributed by atoms with van der Waals surface area (Å²) >= 11 is 0. The number of rotatable bonds is 1. The van der Waals surface area contributed by atoms with Gasteiger partial charge in [0.1, 0.15) is 0 Å². The zero-order valence-electron chi connectivity index (χ0n) is 8.78. The van der Waals surface area contributed by atoms with Crippen molar-refractivity contribution < 1.29 is 0 Å². The Balaban J connectivity index is 2.83. The molecule has 0 fully saturated rings. The van der Waals surface area contributed by atoms with Gasteiger partial charge in [0.25, 0.3) is 0 Å². The second kappa shape index (κ2) is 3.37. The summed E-state index contributed by atoms with van der Waals surface area (Å²) in [4.78, 5) is 8.76. The van der Waals surface area contributed by atoms with Crippen molar-refractivity contribution in [3.63, 3.8) is 0 Å². The summed E-state index contributed by atoms with van der Waals surface area (Å²) in [5.41, 5.74) is 4.58. The Bertz CT molecular complexity index is 461. The van der Waals surface area contributed by atoms with Gasteiger partial charge in [-0.15, -0.1) is 0 Å². The van der Waals surface area contributed by atoms with E-state index in [-0.39, 0.29) is 0 Å². The van der Waals surface area contributed by atoms with Crippen LogP contribution in [0.2, 0.25) is 0 Å². The molecule has 0 aliphatic heterocycles. The molecule has 0 aliphatic rings. The second-order valence-electron chi connectivity index (χ2n) is 3.88. The summed E-state index contributed by atoms with van der Waals surface area (Å²) in [6.45, 7) is 6.48. The molecule has 2 rings (SSSR count). The van der Waals surface area contributed by atoms with Gasteiger partial charge in [-0.3, -0.25) is 9.97 Å². The van der Waals surface area contributed by atoms with Crippen molar-refractivity contribution in [1.29, 1.82) is 0 Å². The molecule has 2 aromatic rings. The van der Waals surface area contributed by atoms with Gasteiger partial charge in [0.15, 0.2) is 0 Å². The average Bonchev–Trinajstić information content (AvgIpc) is 2.17. The first-order valence-corrected chi connectivity index (χ1v) is 4.90. The lowest BCUT2D eigenvalue weighted by Gasteiger charge is -2.11. The van der Waals surface area contributed by atoms with Crippen LogP contribution in [0.4, 0.5) is 0 Å². The van der Waals surface area contributed by atoms with Crippen LogP contribution in [0.5, 0.6) is 0 Å². The second-order valence-corrected chi connectivity index (χ2v) is 3.88. The standard InChI is InChI=1S/C12H14N2/c1-8(2)11-9(3)7-14-10-5-4-6-13-12(10)11/h4-8H,1-3H3. The van der Waals surface area contributed by atoms with Gasteiger partial charge in [-0.1, -0.05) is 13.8 Å². The average molecular weight is 186 g/mol. The van der Waals surface area contributed by atoms with Gasteiger partial charge in [0.2, 0.25) is 0 Å². The number of fused-ring (bicyclic) bond motifs is 1. The van der Waals surface area contributed by atoms with E-state index in [1.165, 1.54) is 11.1 Å². The van der Waals surface area contributed by atoms with Crippen LogP contribution >= 0.6 is 0 Å². The lowest BCUT2D eigenvalue weighted by Crippen LogP contribution is -1.97. The van der Waals surface area contributed by atoms with Crippen LogP contribution in [0.25, 0.3) is 11.0 Å².